The van der Waals surface area contributed by atoms with Gasteiger partial charge in [0.15, 0.2) is 0 Å². The summed E-state index contributed by atoms with van der Waals surface area (Å²) in [5, 5.41) is 27.7. The maximum absolute atomic E-state index is 12.2. The van der Waals surface area contributed by atoms with Crippen molar-refractivity contribution in [1.29, 1.82) is 0 Å². The van der Waals surface area contributed by atoms with Crippen LogP contribution in [0, 0.1) is 0 Å². The van der Waals surface area contributed by atoms with E-state index in [1.807, 2.05) is 11.8 Å². The molecule has 0 saturated carbocycles. The molecule has 36 heavy (non-hydrogen) atoms. The molecule has 0 unspecified atom stereocenters. The quantitative estimate of drug-likeness (QED) is 0.319. The van der Waals surface area contributed by atoms with Crippen LogP contribution >= 0.6 is 0 Å². The average Bonchev–Trinajstić information content (AvgIpc) is 2.78. The van der Waals surface area contributed by atoms with Crippen LogP contribution in [0.4, 0.5) is 0 Å². The van der Waals surface area contributed by atoms with Crippen LogP contribution in [0.5, 0.6) is 0 Å². The van der Waals surface area contributed by atoms with E-state index in [-0.39, 0.29) is 51.8 Å². The molecule has 3 N–H and O–H groups in total. The van der Waals surface area contributed by atoms with Crippen LogP contribution in [0.2, 0.25) is 0 Å². The molecule has 0 aromatic heterocycles. The largest absolute Gasteiger partial charge is 0.480 e. The number of carboxylic acids is 3. The fourth-order valence-electron chi connectivity index (χ4n) is 3.81. The summed E-state index contributed by atoms with van der Waals surface area (Å²) in [6.07, 6.45) is 1.24. The monoisotopic (exact) mass is 518 g/mol. The maximum atomic E-state index is 12.2. The topological polar surface area (TPSA) is 160 Å². The number of hydrogen-bond acceptors (Lipinski definition) is 10. The zero-order chi connectivity index (χ0) is 26.8. The Balaban J connectivity index is 2.85. The zero-order valence-electron chi connectivity index (χ0n) is 21.3. The van der Waals surface area contributed by atoms with Gasteiger partial charge in [0.1, 0.15) is 5.78 Å². The van der Waals surface area contributed by atoms with Crippen molar-refractivity contribution in [1.82, 2.24) is 19.6 Å². The summed E-state index contributed by atoms with van der Waals surface area (Å²) >= 11 is 0. The predicted molar refractivity (Wildman–Crippen MR) is 130 cm³/mol. The van der Waals surface area contributed by atoms with Crippen molar-refractivity contribution in [2.75, 3.05) is 105 Å². The Labute approximate surface area is 212 Å². The second-order valence-electron chi connectivity index (χ2n) is 8.80. The van der Waals surface area contributed by atoms with Crippen molar-refractivity contribution in [3.05, 3.63) is 0 Å². The van der Waals surface area contributed by atoms with Gasteiger partial charge in [-0.25, -0.2) is 0 Å². The van der Waals surface area contributed by atoms with Crippen LogP contribution in [0.25, 0.3) is 0 Å². The molecule has 1 aliphatic heterocycles. The number of nitrogens with zero attached hydrogens (tertiary/aromatic N) is 4. The first-order chi connectivity index (χ1) is 17.2. The zero-order valence-corrected chi connectivity index (χ0v) is 21.3. The van der Waals surface area contributed by atoms with Gasteiger partial charge in [-0.15, -0.1) is 0 Å². The van der Waals surface area contributed by atoms with E-state index in [4.69, 9.17) is 9.47 Å². The van der Waals surface area contributed by atoms with Crippen molar-refractivity contribution in [3.63, 3.8) is 0 Å². The summed E-state index contributed by atoms with van der Waals surface area (Å²) in [4.78, 5) is 53.1. The fourth-order valence-corrected chi connectivity index (χ4v) is 3.81. The van der Waals surface area contributed by atoms with Crippen LogP contribution < -0.4 is 0 Å². The van der Waals surface area contributed by atoms with E-state index in [1.165, 1.54) is 0 Å². The smallest absolute Gasteiger partial charge is 0.317 e. The molecule has 0 atom stereocenters. The highest BCUT2D eigenvalue weighted by Crippen LogP contribution is 2.00. The highest BCUT2D eigenvalue weighted by Gasteiger charge is 2.17. The van der Waals surface area contributed by atoms with Gasteiger partial charge in [0.25, 0.3) is 0 Å². The first-order valence-corrected chi connectivity index (χ1v) is 12.4. The minimum absolute atomic E-state index is 0.117. The molecule has 0 radical (unpaired) electrons. The third kappa shape index (κ3) is 16.5. The molecule has 1 fully saturated rings. The number of carbonyl (C=O) groups excluding carboxylic acids is 1. The molecular weight excluding hydrogens is 476 g/mol. The van der Waals surface area contributed by atoms with Gasteiger partial charge < -0.3 is 24.8 Å². The molecule has 0 amide bonds. The number of ketones is 1. The molecule has 13 heteroatoms. The van der Waals surface area contributed by atoms with E-state index >= 15 is 0 Å². The molecule has 0 spiro atoms. The van der Waals surface area contributed by atoms with E-state index in [0.29, 0.717) is 65.4 Å². The van der Waals surface area contributed by atoms with Crippen molar-refractivity contribution in [2.24, 2.45) is 0 Å². The second kappa shape index (κ2) is 19.0. The van der Waals surface area contributed by atoms with Crippen LogP contribution in [0.15, 0.2) is 0 Å². The normalized spacial score (nSPS) is 19.8. The van der Waals surface area contributed by atoms with Gasteiger partial charge in [-0.05, 0) is 6.42 Å². The third-order valence-corrected chi connectivity index (χ3v) is 5.68. The first kappa shape index (κ1) is 31.9. The van der Waals surface area contributed by atoms with E-state index in [2.05, 4.69) is 0 Å². The third-order valence-electron chi connectivity index (χ3n) is 5.68. The van der Waals surface area contributed by atoms with Gasteiger partial charge in [0.2, 0.25) is 0 Å². The minimum Gasteiger partial charge on any atom is -0.480 e. The van der Waals surface area contributed by atoms with Gasteiger partial charge in [-0.2, -0.15) is 0 Å². The average molecular weight is 519 g/mol. The highest BCUT2D eigenvalue weighted by atomic mass is 16.5. The summed E-state index contributed by atoms with van der Waals surface area (Å²) in [6, 6.07) is 0. The number of carbonyl (C=O) groups is 4. The Morgan fingerprint density at radius 1 is 0.556 bits per heavy atom. The van der Waals surface area contributed by atoms with Crippen molar-refractivity contribution in [2.45, 2.75) is 19.8 Å². The second-order valence-corrected chi connectivity index (χ2v) is 8.80. The van der Waals surface area contributed by atoms with E-state index < -0.39 is 17.9 Å². The Bertz CT molecular complexity index is 680. The fraction of sp³-hybridized carbons (Fsp3) is 0.826. The Hall–Kier alpha value is -2.16. The lowest BCUT2D eigenvalue weighted by molar-refractivity contribution is -0.140. The van der Waals surface area contributed by atoms with Crippen LogP contribution in [0.3, 0.4) is 0 Å². The molecule has 0 aromatic rings. The molecule has 0 aromatic carbocycles. The summed E-state index contributed by atoms with van der Waals surface area (Å²) < 4.78 is 11.4. The van der Waals surface area contributed by atoms with Crippen molar-refractivity contribution < 1.29 is 44.0 Å². The Kier molecular flexibility index (Phi) is 16.8. The Morgan fingerprint density at radius 2 is 0.861 bits per heavy atom. The lowest BCUT2D eigenvalue weighted by Gasteiger charge is -2.28. The lowest BCUT2D eigenvalue weighted by Crippen LogP contribution is -2.43. The lowest BCUT2D eigenvalue weighted by atomic mass is 10.2. The van der Waals surface area contributed by atoms with E-state index in [9.17, 15) is 34.5 Å². The number of hydrogen-bond donors (Lipinski definition) is 3. The molecule has 1 aliphatic rings. The number of rotatable bonds is 10. The highest BCUT2D eigenvalue weighted by molar-refractivity contribution is 5.80. The Morgan fingerprint density at radius 3 is 1.14 bits per heavy atom. The minimum atomic E-state index is -0.986. The molecule has 13 nitrogen and oxygen atoms in total. The SMILES string of the molecule is CCCC(=O)CN1CCOCCN(CC(=O)O)CCN(CC(=O)O)CCOCCN(CC(=O)O)CC1. The van der Waals surface area contributed by atoms with Crippen LogP contribution in [-0.4, -0.2) is 164 Å². The number of ether oxygens (including phenoxy) is 2. The van der Waals surface area contributed by atoms with E-state index in [0.717, 1.165) is 6.42 Å². The van der Waals surface area contributed by atoms with Crippen molar-refractivity contribution >= 4 is 23.7 Å². The molecule has 0 aliphatic carbocycles. The molecule has 1 rings (SSSR count). The van der Waals surface area contributed by atoms with Crippen LogP contribution in [0.1, 0.15) is 19.8 Å². The molecule has 1 heterocycles. The predicted octanol–water partition coefficient (Wildman–Crippen LogP) is -1.14. The molecular formula is C23H42N4O9. The maximum Gasteiger partial charge on any atom is 0.317 e. The summed E-state index contributed by atoms with van der Waals surface area (Å²) in [5.41, 5.74) is 0. The van der Waals surface area contributed by atoms with Gasteiger partial charge in [0, 0.05) is 58.8 Å². The summed E-state index contributed by atoms with van der Waals surface area (Å²) in [5.74, 6) is -2.80. The van der Waals surface area contributed by atoms with Crippen molar-refractivity contribution in [3.8, 4) is 0 Å². The standard InChI is InChI=1S/C23H42N4O9/c1-2-3-20(28)16-24-4-5-25(17-21(29)30)9-14-36-15-11-27(19-23(33)34)7-6-26(18-22(31)32)10-13-35-12-8-24/h2-19H2,1H3,(H,29,30)(H,31,32)(H,33,34). The number of Topliss-reactive ketones (excluding diaryl/α,β-unsaturated/α-hetero) is 1. The summed E-state index contributed by atoms with van der Waals surface area (Å²) in [6.45, 7) is 6.04. The molecule has 0 bridgehead atoms. The van der Waals surface area contributed by atoms with E-state index in [1.54, 1.807) is 14.7 Å². The summed E-state index contributed by atoms with van der Waals surface area (Å²) in [7, 11) is 0. The van der Waals surface area contributed by atoms with Gasteiger partial charge in [0.05, 0.1) is 52.6 Å². The number of carboxylic acid groups (broad SMARTS) is 3. The molecule has 208 valence electrons. The van der Waals surface area contributed by atoms with Gasteiger partial charge in [-0.1, -0.05) is 6.92 Å². The van der Waals surface area contributed by atoms with Crippen LogP contribution in [-0.2, 0) is 28.7 Å². The van der Waals surface area contributed by atoms with Gasteiger partial charge in [-0.3, -0.25) is 38.8 Å². The first-order valence-electron chi connectivity index (χ1n) is 12.4. The molecule has 1 saturated heterocycles. The number of aliphatic carboxylic acids is 3. The van der Waals surface area contributed by atoms with Gasteiger partial charge >= 0.3 is 17.9 Å².